The van der Waals surface area contributed by atoms with Gasteiger partial charge in [0, 0.05) is 17.6 Å². The minimum Gasteiger partial charge on any atom is -0.328 e. The molecule has 1 heterocycles. The molecule has 2 nitrogen and oxygen atoms in total. The third-order valence-corrected chi connectivity index (χ3v) is 3.49. The van der Waals surface area contributed by atoms with Crippen LogP contribution in [0.1, 0.15) is 29.9 Å². The Hall–Kier alpha value is -1.41. The topological polar surface area (TPSA) is 38.9 Å². The molecule has 3 rings (SSSR count). The molecular formula is C14H16N2. The van der Waals surface area contributed by atoms with Gasteiger partial charge in [-0.3, -0.25) is 4.98 Å². The van der Waals surface area contributed by atoms with Crippen molar-refractivity contribution in [1.29, 1.82) is 0 Å². The number of rotatable bonds is 1. The fourth-order valence-corrected chi connectivity index (χ4v) is 2.45. The van der Waals surface area contributed by atoms with Crippen molar-refractivity contribution in [3.63, 3.8) is 0 Å². The van der Waals surface area contributed by atoms with Gasteiger partial charge in [-0.15, -0.1) is 0 Å². The SMILES string of the molecule is Cc1cnc2ccc(C3CC(N)C3)cc2c1. The zero-order valence-electron chi connectivity index (χ0n) is 9.48. The van der Waals surface area contributed by atoms with Gasteiger partial charge in [-0.2, -0.15) is 0 Å². The lowest BCUT2D eigenvalue weighted by molar-refractivity contribution is 0.352. The summed E-state index contributed by atoms with van der Waals surface area (Å²) in [5.74, 6) is 0.667. The van der Waals surface area contributed by atoms with Crippen LogP contribution in [0, 0.1) is 6.92 Å². The predicted octanol–water partition coefficient (Wildman–Crippen LogP) is 2.75. The van der Waals surface area contributed by atoms with Crippen molar-refractivity contribution < 1.29 is 0 Å². The van der Waals surface area contributed by atoms with Crippen LogP contribution in [-0.4, -0.2) is 11.0 Å². The predicted molar refractivity (Wildman–Crippen MR) is 66.4 cm³/mol. The molecule has 0 unspecified atom stereocenters. The quantitative estimate of drug-likeness (QED) is 0.789. The van der Waals surface area contributed by atoms with Crippen LogP contribution < -0.4 is 5.73 Å². The first-order chi connectivity index (χ1) is 7.72. The van der Waals surface area contributed by atoms with E-state index in [1.807, 2.05) is 6.20 Å². The first-order valence-electron chi connectivity index (χ1n) is 5.84. The first kappa shape index (κ1) is 9.79. The summed E-state index contributed by atoms with van der Waals surface area (Å²) in [6, 6.07) is 9.20. The van der Waals surface area contributed by atoms with Gasteiger partial charge in [-0.1, -0.05) is 6.07 Å². The number of aryl methyl sites for hydroxylation is 1. The second-order valence-electron chi connectivity index (χ2n) is 4.89. The van der Waals surface area contributed by atoms with Crippen molar-refractivity contribution in [2.75, 3.05) is 0 Å². The normalized spacial score (nSPS) is 24.4. The average molecular weight is 212 g/mol. The third kappa shape index (κ3) is 1.59. The Bertz CT molecular complexity index is 527. The van der Waals surface area contributed by atoms with Gasteiger partial charge in [-0.05, 0) is 55.0 Å². The van der Waals surface area contributed by atoms with E-state index in [4.69, 9.17) is 5.73 Å². The number of hydrogen-bond acceptors (Lipinski definition) is 2. The lowest BCUT2D eigenvalue weighted by Gasteiger charge is -2.32. The minimum atomic E-state index is 0.413. The van der Waals surface area contributed by atoms with Crippen molar-refractivity contribution in [2.24, 2.45) is 5.73 Å². The van der Waals surface area contributed by atoms with E-state index in [1.54, 1.807) is 0 Å². The summed E-state index contributed by atoms with van der Waals surface area (Å²) in [6.07, 6.45) is 4.18. The van der Waals surface area contributed by atoms with E-state index in [0.717, 1.165) is 18.4 Å². The molecule has 16 heavy (non-hydrogen) atoms. The van der Waals surface area contributed by atoms with Crippen LogP contribution in [0.3, 0.4) is 0 Å². The zero-order chi connectivity index (χ0) is 11.1. The molecule has 1 aromatic heterocycles. The molecule has 0 aliphatic heterocycles. The Labute approximate surface area is 95.5 Å². The van der Waals surface area contributed by atoms with Crippen molar-refractivity contribution >= 4 is 10.9 Å². The molecule has 1 aliphatic rings. The van der Waals surface area contributed by atoms with Crippen LogP contribution in [0.25, 0.3) is 10.9 Å². The number of nitrogens with zero attached hydrogens (tertiary/aromatic N) is 1. The third-order valence-electron chi connectivity index (χ3n) is 3.49. The molecule has 82 valence electrons. The number of fused-ring (bicyclic) bond motifs is 1. The maximum Gasteiger partial charge on any atom is 0.0702 e. The van der Waals surface area contributed by atoms with Gasteiger partial charge in [0.15, 0.2) is 0 Å². The van der Waals surface area contributed by atoms with Gasteiger partial charge in [0.1, 0.15) is 0 Å². The van der Waals surface area contributed by atoms with Gasteiger partial charge in [-0.25, -0.2) is 0 Å². The summed E-state index contributed by atoms with van der Waals surface area (Å²) in [5, 5.41) is 1.25. The summed E-state index contributed by atoms with van der Waals surface area (Å²) >= 11 is 0. The molecule has 2 aromatic rings. The Kier molecular flexibility index (Phi) is 2.18. The molecule has 1 aliphatic carbocycles. The fourth-order valence-electron chi connectivity index (χ4n) is 2.45. The largest absolute Gasteiger partial charge is 0.328 e. The highest BCUT2D eigenvalue weighted by Crippen LogP contribution is 2.36. The molecule has 0 bridgehead atoms. The van der Waals surface area contributed by atoms with Gasteiger partial charge in [0.25, 0.3) is 0 Å². The molecule has 2 N–H and O–H groups in total. The molecule has 0 spiro atoms. The van der Waals surface area contributed by atoms with Gasteiger partial charge in [0.05, 0.1) is 5.52 Å². The number of pyridine rings is 1. The molecular weight excluding hydrogens is 196 g/mol. The average Bonchev–Trinajstić information content (AvgIpc) is 2.24. The maximum atomic E-state index is 5.83. The Morgan fingerprint density at radius 1 is 1.25 bits per heavy atom. The first-order valence-corrected chi connectivity index (χ1v) is 5.84. The van der Waals surface area contributed by atoms with E-state index in [0.29, 0.717) is 12.0 Å². The number of aromatic nitrogens is 1. The number of benzene rings is 1. The second-order valence-corrected chi connectivity index (χ2v) is 4.89. The summed E-state index contributed by atoms with van der Waals surface area (Å²) in [6.45, 7) is 2.08. The maximum absolute atomic E-state index is 5.83. The van der Waals surface area contributed by atoms with Crippen LogP contribution >= 0.6 is 0 Å². The van der Waals surface area contributed by atoms with E-state index in [2.05, 4.69) is 36.2 Å². The molecule has 2 heteroatoms. The van der Waals surface area contributed by atoms with E-state index in [9.17, 15) is 0 Å². The Morgan fingerprint density at radius 2 is 2.06 bits per heavy atom. The smallest absolute Gasteiger partial charge is 0.0702 e. The lowest BCUT2D eigenvalue weighted by Crippen LogP contribution is -2.34. The molecule has 0 atom stereocenters. The highest BCUT2D eigenvalue weighted by Gasteiger charge is 2.27. The highest BCUT2D eigenvalue weighted by atomic mass is 14.7. The molecule has 1 fully saturated rings. The second kappa shape index (κ2) is 3.56. The van der Waals surface area contributed by atoms with E-state index in [-0.39, 0.29) is 0 Å². The number of hydrogen-bond donors (Lipinski definition) is 1. The summed E-state index contributed by atoms with van der Waals surface area (Å²) in [4.78, 5) is 4.42. The van der Waals surface area contributed by atoms with Crippen molar-refractivity contribution in [2.45, 2.75) is 31.7 Å². The zero-order valence-corrected chi connectivity index (χ0v) is 9.48. The lowest BCUT2D eigenvalue weighted by atomic mass is 9.76. The molecule has 0 radical (unpaired) electrons. The Balaban J connectivity index is 2.01. The molecule has 1 saturated carbocycles. The van der Waals surface area contributed by atoms with E-state index in [1.165, 1.54) is 16.5 Å². The van der Waals surface area contributed by atoms with E-state index >= 15 is 0 Å². The monoisotopic (exact) mass is 212 g/mol. The van der Waals surface area contributed by atoms with Crippen LogP contribution in [0.5, 0.6) is 0 Å². The summed E-state index contributed by atoms with van der Waals surface area (Å²) in [5.41, 5.74) is 9.55. The molecule has 1 aromatic carbocycles. The molecule has 0 saturated heterocycles. The van der Waals surface area contributed by atoms with Crippen molar-refractivity contribution in [1.82, 2.24) is 4.98 Å². The highest BCUT2D eigenvalue weighted by molar-refractivity contribution is 5.79. The van der Waals surface area contributed by atoms with Crippen molar-refractivity contribution in [3.05, 3.63) is 41.6 Å². The van der Waals surface area contributed by atoms with Gasteiger partial charge >= 0.3 is 0 Å². The fraction of sp³-hybridized carbons (Fsp3) is 0.357. The minimum absolute atomic E-state index is 0.413. The number of nitrogens with two attached hydrogens (primary N) is 1. The van der Waals surface area contributed by atoms with E-state index < -0.39 is 0 Å². The van der Waals surface area contributed by atoms with Crippen LogP contribution in [0.15, 0.2) is 30.5 Å². The van der Waals surface area contributed by atoms with Crippen molar-refractivity contribution in [3.8, 4) is 0 Å². The van der Waals surface area contributed by atoms with Gasteiger partial charge in [0.2, 0.25) is 0 Å². The van der Waals surface area contributed by atoms with Gasteiger partial charge < -0.3 is 5.73 Å². The summed E-state index contributed by atoms with van der Waals surface area (Å²) in [7, 11) is 0. The molecule has 0 amide bonds. The van der Waals surface area contributed by atoms with Crippen LogP contribution in [-0.2, 0) is 0 Å². The Morgan fingerprint density at radius 3 is 2.81 bits per heavy atom. The summed E-state index contributed by atoms with van der Waals surface area (Å²) < 4.78 is 0. The van der Waals surface area contributed by atoms with Crippen LogP contribution in [0.2, 0.25) is 0 Å². The standard InChI is InChI=1S/C14H16N2/c1-9-4-12-5-10(11-6-13(15)7-11)2-3-14(12)16-8-9/h2-5,8,11,13H,6-7,15H2,1H3. The van der Waals surface area contributed by atoms with Crippen LogP contribution in [0.4, 0.5) is 0 Å².